The van der Waals surface area contributed by atoms with E-state index in [1.54, 1.807) is 18.1 Å². The van der Waals surface area contributed by atoms with Crippen LogP contribution in [0, 0.1) is 11.3 Å². The van der Waals surface area contributed by atoms with Gasteiger partial charge >= 0.3 is 0 Å². The Bertz CT molecular complexity index is 436. The van der Waals surface area contributed by atoms with Crippen LogP contribution in [0.4, 0.5) is 5.69 Å². The Morgan fingerprint density at radius 1 is 1.40 bits per heavy atom. The van der Waals surface area contributed by atoms with Crippen LogP contribution in [0.1, 0.15) is 12.0 Å². The second-order valence-electron chi connectivity index (χ2n) is 3.42. The van der Waals surface area contributed by atoms with Gasteiger partial charge in [-0.15, -0.1) is 0 Å². The number of benzene rings is 1. The lowest BCUT2D eigenvalue weighted by molar-refractivity contribution is -0.126. The van der Waals surface area contributed by atoms with Gasteiger partial charge < -0.3 is 0 Å². The molecular weight excluding hydrogens is 190 g/mol. The van der Waals surface area contributed by atoms with Crippen LogP contribution in [-0.2, 0) is 4.79 Å². The Kier molecular flexibility index (Phi) is 2.30. The summed E-state index contributed by atoms with van der Waals surface area (Å²) >= 11 is 0. The molecule has 1 aromatic carbocycles. The molecule has 15 heavy (non-hydrogen) atoms. The van der Waals surface area contributed by atoms with Crippen molar-refractivity contribution in [3.8, 4) is 6.07 Å². The zero-order valence-corrected chi connectivity index (χ0v) is 8.47. The third-order valence-corrected chi connectivity index (χ3v) is 2.56. The van der Waals surface area contributed by atoms with E-state index in [2.05, 4.69) is 6.07 Å². The second kappa shape index (κ2) is 3.62. The molecule has 76 valence electrons. The summed E-state index contributed by atoms with van der Waals surface area (Å²) in [6, 6.07) is 9.43. The highest BCUT2D eigenvalue weighted by Crippen LogP contribution is 2.24. The van der Waals surface area contributed by atoms with E-state index in [0.717, 1.165) is 5.69 Å². The van der Waals surface area contributed by atoms with E-state index in [0.29, 0.717) is 18.5 Å². The fourth-order valence-corrected chi connectivity index (χ4v) is 1.72. The summed E-state index contributed by atoms with van der Waals surface area (Å²) in [5.74, 6) is 0.0859. The molecule has 0 aromatic heterocycles. The highest BCUT2D eigenvalue weighted by atomic mass is 16.2. The van der Waals surface area contributed by atoms with Crippen LogP contribution in [0.25, 0.3) is 0 Å². The van der Waals surface area contributed by atoms with Gasteiger partial charge in [-0.2, -0.15) is 5.26 Å². The molecule has 1 amide bonds. The number of nitrogens with zero attached hydrogens (tertiary/aromatic N) is 3. The van der Waals surface area contributed by atoms with Gasteiger partial charge in [0.05, 0.1) is 11.3 Å². The Balaban J connectivity index is 2.38. The molecule has 0 aliphatic carbocycles. The summed E-state index contributed by atoms with van der Waals surface area (Å²) in [5.41, 5.74) is 1.40. The standard InChI is InChI=1S/C11H11N3O/c1-13-11(15)6-7-14(13)10-5-3-2-4-9(10)8-12/h2-5H,6-7H2,1H3. The summed E-state index contributed by atoms with van der Waals surface area (Å²) in [7, 11) is 1.73. The molecule has 2 rings (SSSR count). The number of hydrogen-bond acceptors (Lipinski definition) is 3. The van der Waals surface area contributed by atoms with Crippen LogP contribution in [0.5, 0.6) is 0 Å². The molecule has 4 heteroatoms. The zero-order chi connectivity index (χ0) is 10.8. The van der Waals surface area contributed by atoms with E-state index in [1.807, 2.05) is 23.2 Å². The fourth-order valence-electron chi connectivity index (χ4n) is 1.72. The molecule has 0 saturated carbocycles. The van der Waals surface area contributed by atoms with Crippen LogP contribution in [0.3, 0.4) is 0 Å². The quantitative estimate of drug-likeness (QED) is 0.684. The summed E-state index contributed by atoms with van der Waals surface area (Å²) in [4.78, 5) is 11.4. The SMILES string of the molecule is CN1C(=O)CCN1c1ccccc1C#N. The van der Waals surface area contributed by atoms with E-state index in [9.17, 15) is 4.79 Å². The minimum atomic E-state index is 0.0859. The molecule has 0 atom stereocenters. The summed E-state index contributed by atoms with van der Waals surface area (Å²) in [6.45, 7) is 0.647. The predicted octanol–water partition coefficient (Wildman–Crippen LogP) is 1.14. The first-order valence-corrected chi connectivity index (χ1v) is 4.77. The summed E-state index contributed by atoms with van der Waals surface area (Å²) in [6.07, 6.45) is 0.510. The van der Waals surface area contributed by atoms with Gasteiger partial charge in [0.2, 0.25) is 5.91 Å². The van der Waals surface area contributed by atoms with Crippen molar-refractivity contribution in [2.45, 2.75) is 6.42 Å². The first kappa shape index (κ1) is 9.53. The average molecular weight is 201 g/mol. The maximum absolute atomic E-state index is 11.4. The van der Waals surface area contributed by atoms with Crippen molar-refractivity contribution in [1.29, 1.82) is 5.26 Å². The maximum Gasteiger partial charge on any atom is 0.242 e. The molecule has 0 unspecified atom stereocenters. The number of carbonyl (C=O) groups is 1. The lowest BCUT2D eigenvalue weighted by Gasteiger charge is -2.26. The van der Waals surface area contributed by atoms with Crippen LogP contribution in [-0.4, -0.2) is 24.5 Å². The second-order valence-corrected chi connectivity index (χ2v) is 3.42. The first-order chi connectivity index (χ1) is 7.24. The van der Waals surface area contributed by atoms with Gasteiger partial charge in [-0.25, -0.2) is 0 Å². The Morgan fingerprint density at radius 3 is 2.73 bits per heavy atom. The van der Waals surface area contributed by atoms with Crippen molar-refractivity contribution >= 4 is 11.6 Å². The molecule has 0 radical (unpaired) electrons. The van der Waals surface area contributed by atoms with Gasteiger partial charge in [-0.05, 0) is 12.1 Å². The monoisotopic (exact) mass is 201 g/mol. The van der Waals surface area contributed by atoms with E-state index >= 15 is 0 Å². The smallest absolute Gasteiger partial charge is 0.242 e. The number of amides is 1. The molecule has 1 aliphatic heterocycles. The van der Waals surface area contributed by atoms with Gasteiger partial charge in [0.25, 0.3) is 0 Å². The molecule has 1 saturated heterocycles. The molecule has 1 fully saturated rings. The number of para-hydroxylation sites is 1. The summed E-state index contributed by atoms with van der Waals surface area (Å²) in [5, 5.41) is 12.4. The number of anilines is 1. The number of hydrazine groups is 1. The third kappa shape index (κ3) is 1.52. The minimum Gasteiger partial charge on any atom is -0.281 e. The average Bonchev–Trinajstić information content (AvgIpc) is 2.60. The van der Waals surface area contributed by atoms with Crippen molar-refractivity contribution in [3.63, 3.8) is 0 Å². The molecule has 1 aliphatic rings. The number of hydrogen-bond donors (Lipinski definition) is 0. The van der Waals surface area contributed by atoms with Crippen molar-refractivity contribution < 1.29 is 4.79 Å². The topological polar surface area (TPSA) is 47.3 Å². The molecule has 0 spiro atoms. The van der Waals surface area contributed by atoms with Crippen LogP contribution < -0.4 is 5.01 Å². The van der Waals surface area contributed by atoms with E-state index in [-0.39, 0.29) is 5.91 Å². The number of carbonyl (C=O) groups excluding carboxylic acids is 1. The predicted molar refractivity (Wildman–Crippen MR) is 55.9 cm³/mol. The van der Waals surface area contributed by atoms with E-state index < -0.39 is 0 Å². The largest absolute Gasteiger partial charge is 0.281 e. The summed E-state index contributed by atoms with van der Waals surface area (Å²) < 4.78 is 0. The minimum absolute atomic E-state index is 0.0859. The van der Waals surface area contributed by atoms with Crippen LogP contribution in [0.15, 0.2) is 24.3 Å². The lowest BCUT2D eigenvalue weighted by atomic mass is 10.2. The van der Waals surface area contributed by atoms with Crippen LogP contribution >= 0.6 is 0 Å². The van der Waals surface area contributed by atoms with Gasteiger partial charge in [0.1, 0.15) is 6.07 Å². The molecule has 4 nitrogen and oxygen atoms in total. The van der Waals surface area contributed by atoms with Crippen molar-refractivity contribution in [2.24, 2.45) is 0 Å². The molecule has 1 aromatic rings. The van der Waals surface area contributed by atoms with Gasteiger partial charge in [0, 0.05) is 20.0 Å². The van der Waals surface area contributed by atoms with Gasteiger partial charge in [0.15, 0.2) is 0 Å². The van der Waals surface area contributed by atoms with E-state index in [4.69, 9.17) is 5.26 Å². The highest BCUT2D eigenvalue weighted by Gasteiger charge is 2.26. The lowest BCUT2D eigenvalue weighted by Crippen LogP contribution is -2.35. The van der Waals surface area contributed by atoms with Crippen molar-refractivity contribution in [2.75, 3.05) is 18.6 Å². The Hall–Kier alpha value is -2.02. The molecule has 0 bridgehead atoms. The fraction of sp³-hybridized carbons (Fsp3) is 0.273. The number of rotatable bonds is 1. The molecule has 0 N–H and O–H groups in total. The highest BCUT2D eigenvalue weighted by molar-refractivity contribution is 5.82. The normalized spacial score (nSPS) is 15.6. The molecular formula is C11H11N3O. The Morgan fingerprint density at radius 2 is 2.13 bits per heavy atom. The maximum atomic E-state index is 11.4. The van der Waals surface area contributed by atoms with Crippen molar-refractivity contribution in [1.82, 2.24) is 5.01 Å². The first-order valence-electron chi connectivity index (χ1n) is 4.77. The molecule has 1 heterocycles. The number of nitriles is 1. The van der Waals surface area contributed by atoms with Gasteiger partial charge in [-0.3, -0.25) is 14.8 Å². The van der Waals surface area contributed by atoms with Gasteiger partial charge in [-0.1, -0.05) is 12.1 Å². The van der Waals surface area contributed by atoms with E-state index in [1.165, 1.54) is 0 Å². The zero-order valence-electron chi connectivity index (χ0n) is 8.47. The third-order valence-electron chi connectivity index (χ3n) is 2.56. The van der Waals surface area contributed by atoms with Crippen LogP contribution in [0.2, 0.25) is 0 Å². The van der Waals surface area contributed by atoms with Crippen molar-refractivity contribution in [3.05, 3.63) is 29.8 Å². The Labute approximate surface area is 88.3 Å².